The smallest absolute Gasteiger partial charge is 0.414 e. The second kappa shape index (κ2) is 8.20. The molecule has 0 fully saturated rings. The molecule has 0 aliphatic carbocycles. The van der Waals surface area contributed by atoms with E-state index in [9.17, 15) is 5.11 Å². The average Bonchev–Trinajstić information content (AvgIpc) is 2.53. The molecule has 1 aliphatic rings. The van der Waals surface area contributed by atoms with E-state index in [1.54, 1.807) is 14.2 Å². The van der Waals surface area contributed by atoms with Gasteiger partial charge < -0.3 is 30.1 Å². The first kappa shape index (κ1) is 17.7. The maximum absolute atomic E-state index is 9.29. The van der Waals surface area contributed by atoms with Gasteiger partial charge in [0, 0.05) is 0 Å². The highest BCUT2D eigenvalue weighted by Gasteiger charge is 2.21. The lowest BCUT2D eigenvalue weighted by Crippen LogP contribution is -2.32. The summed E-state index contributed by atoms with van der Waals surface area (Å²) < 4.78 is 10.5. The first-order valence-corrected chi connectivity index (χ1v) is 6.49. The molecule has 122 valence electrons. The van der Waals surface area contributed by atoms with Crippen LogP contribution >= 0.6 is 0 Å². The molecular weight excluding hydrogens is 294 g/mol. The molecule has 1 aliphatic heterocycles. The summed E-state index contributed by atoms with van der Waals surface area (Å²) in [6.07, 6.45) is 0.951. The van der Waals surface area contributed by atoms with E-state index in [-0.39, 0.29) is 12.6 Å². The molecular formula is C14H19NO7. The fourth-order valence-corrected chi connectivity index (χ4v) is 2.13. The third-order valence-corrected chi connectivity index (χ3v) is 3.17. The van der Waals surface area contributed by atoms with Gasteiger partial charge in [-0.3, -0.25) is 0 Å². The number of carboxylic acid groups (broad SMARTS) is 2. The summed E-state index contributed by atoms with van der Waals surface area (Å²) in [7, 11) is 3.25. The van der Waals surface area contributed by atoms with Gasteiger partial charge in [0.25, 0.3) is 0 Å². The number of ether oxygens (including phenoxy) is 2. The number of aliphatic hydroxyl groups excluding tert-OH is 1. The monoisotopic (exact) mass is 313 g/mol. The van der Waals surface area contributed by atoms with Crippen molar-refractivity contribution in [3.8, 4) is 11.5 Å². The number of hydrogen-bond acceptors (Lipinski definition) is 6. The van der Waals surface area contributed by atoms with Crippen molar-refractivity contribution in [1.82, 2.24) is 5.32 Å². The van der Waals surface area contributed by atoms with Crippen LogP contribution in [0.15, 0.2) is 12.1 Å². The summed E-state index contributed by atoms with van der Waals surface area (Å²) in [4.78, 5) is 18.2. The van der Waals surface area contributed by atoms with E-state index >= 15 is 0 Å². The Morgan fingerprint density at radius 3 is 2.18 bits per heavy atom. The number of aliphatic hydroxyl groups is 1. The Bertz CT molecular complexity index is 532. The van der Waals surface area contributed by atoms with E-state index in [1.165, 1.54) is 5.56 Å². The minimum atomic E-state index is -1.82. The zero-order valence-electron chi connectivity index (χ0n) is 12.3. The first-order chi connectivity index (χ1) is 10.4. The number of nitrogens with one attached hydrogen (secondary N) is 1. The van der Waals surface area contributed by atoms with Crippen molar-refractivity contribution in [3.63, 3.8) is 0 Å². The number of carboxylic acids is 2. The Morgan fingerprint density at radius 2 is 1.73 bits per heavy atom. The maximum atomic E-state index is 9.29. The van der Waals surface area contributed by atoms with Gasteiger partial charge in [0.2, 0.25) is 0 Å². The molecule has 1 heterocycles. The van der Waals surface area contributed by atoms with Crippen LogP contribution in [-0.2, 0) is 16.0 Å². The lowest BCUT2D eigenvalue weighted by Gasteiger charge is -2.26. The SMILES string of the molecule is COc1cc2c(cc1OC)C(CO)NCC2.O=C(O)C(=O)O. The summed E-state index contributed by atoms with van der Waals surface area (Å²) in [5.74, 6) is -2.19. The molecule has 0 aromatic heterocycles. The maximum Gasteiger partial charge on any atom is 0.414 e. The van der Waals surface area contributed by atoms with Crippen molar-refractivity contribution in [2.45, 2.75) is 12.5 Å². The van der Waals surface area contributed by atoms with Crippen molar-refractivity contribution < 1.29 is 34.4 Å². The van der Waals surface area contributed by atoms with E-state index in [0.29, 0.717) is 5.75 Å². The van der Waals surface area contributed by atoms with Gasteiger partial charge in [-0.2, -0.15) is 0 Å². The second-order valence-corrected chi connectivity index (χ2v) is 4.46. The summed E-state index contributed by atoms with van der Waals surface area (Å²) in [6.45, 7) is 0.982. The Kier molecular flexibility index (Phi) is 6.61. The molecule has 1 atom stereocenters. The predicted molar refractivity (Wildman–Crippen MR) is 76.4 cm³/mol. The predicted octanol–water partition coefficient (Wildman–Crippen LogP) is 0.0385. The number of methoxy groups -OCH3 is 2. The van der Waals surface area contributed by atoms with Gasteiger partial charge in [-0.05, 0) is 36.2 Å². The first-order valence-electron chi connectivity index (χ1n) is 6.49. The molecule has 2 rings (SSSR count). The van der Waals surface area contributed by atoms with E-state index in [4.69, 9.17) is 29.3 Å². The molecule has 1 unspecified atom stereocenters. The molecule has 0 radical (unpaired) electrons. The van der Waals surface area contributed by atoms with Crippen molar-refractivity contribution in [2.24, 2.45) is 0 Å². The minimum absolute atomic E-state index is 0.00329. The molecule has 0 amide bonds. The van der Waals surface area contributed by atoms with E-state index in [1.807, 2.05) is 12.1 Å². The topological polar surface area (TPSA) is 125 Å². The van der Waals surface area contributed by atoms with Crippen molar-refractivity contribution >= 4 is 11.9 Å². The van der Waals surface area contributed by atoms with Gasteiger partial charge in [0.15, 0.2) is 11.5 Å². The molecule has 0 saturated carbocycles. The normalized spacial score (nSPS) is 15.9. The Balaban J connectivity index is 0.000000346. The molecule has 0 spiro atoms. The highest BCUT2D eigenvalue weighted by molar-refractivity contribution is 6.27. The fourth-order valence-electron chi connectivity index (χ4n) is 2.13. The largest absolute Gasteiger partial charge is 0.493 e. The van der Waals surface area contributed by atoms with Crippen LogP contribution in [0, 0.1) is 0 Å². The number of aliphatic carboxylic acids is 2. The van der Waals surface area contributed by atoms with Gasteiger partial charge in [-0.25, -0.2) is 9.59 Å². The van der Waals surface area contributed by atoms with E-state index in [0.717, 1.165) is 24.3 Å². The van der Waals surface area contributed by atoms with Crippen LogP contribution < -0.4 is 14.8 Å². The quantitative estimate of drug-likeness (QED) is 0.576. The third-order valence-electron chi connectivity index (χ3n) is 3.17. The molecule has 4 N–H and O–H groups in total. The third kappa shape index (κ3) is 4.34. The number of hydrogen-bond donors (Lipinski definition) is 4. The zero-order chi connectivity index (χ0) is 16.7. The molecule has 1 aromatic rings. The highest BCUT2D eigenvalue weighted by Crippen LogP contribution is 2.34. The van der Waals surface area contributed by atoms with Crippen molar-refractivity contribution in [2.75, 3.05) is 27.4 Å². The van der Waals surface area contributed by atoms with Gasteiger partial charge in [0.1, 0.15) is 0 Å². The highest BCUT2D eigenvalue weighted by atomic mass is 16.5. The van der Waals surface area contributed by atoms with Crippen LogP contribution in [0.4, 0.5) is 0 Å². The summed E-state index contributed by atoms with van der Waals surface area (Å²) in [5, 5.41) is 27.3. The van der Waals surface area contributed by atoms with Crippen LogP contribution in [-0.4, -0.2) is 54.6 Å². The van der Waals surface area contributed by atoms with Gasteiger partial charge in [0.05, 0.1) is 26.9 Å². The number of rotatable bonds is 3. The molecule has 1 aromatic carbocycles. The van der Waals surface area contributed by atoms with Crippen LogP contribution in [0.1, 0.15) is 17.2 Å². The van der Waals surface area contributed by atoms with Gasteiger partial charge >= 0.3 is 11.9 Å². The molecule has 8 nitrogen and oxygen atoms in total. The summed E-state index contributed by atoms with van der Waals surface area (Å²) >= 11 is 0. The van der Waals surface area contributed by atoms with Crippen LogP contribution in [0.25, 0.3) is 0 Å². The average molecular weight is 313 g/mol. The Morgan fingerprint density at radius 1 is 1.18 bits per heavy atom. The molecule has 22 heavy (non-hydrogen) atoms. The van der Waals surface area contributed by atoms with Gasteiger partial charge in [-0.1, -0.05) is 0 Å². The zero-order valence-corrected chi connectivity index (χ0v) is 12.3. The Labute approximate surface area is 127 Å². The number of fused-ring (bicyclic) bond motifs is 1. The van der Waals surface area contributed by atoms with Gasteiger partial charge in [-0.15, -0.1) is 0 Å². The van der Waals surface area contributed by atoms with Crippen LogP contribution in [0.3, 0.4) is 0 Å². The number of carbonyl (C=O) groups is 2. The fraction of sp³-hybridized carbons (Fsp3) is 0.429. The van der Waals surface area contributed by atoms with Crippen LogP contribution in [0.5, 0.6) is 11.5 Å². The van der Waals surface area contributed by atoms with Crippen molar-refractivity contribution in [3.05, 3.63) is 23.3 Å². The second-order valence-electron chi connectivity index (χ2n) is 4.46. The molecule has 0 saturated heterocycles. The Hall–Kier alpha value is -2.32. The standard InChI is InChI=1S/C12H17NO3.C2H2O4/c1-15-11-5-8-3-4-13-10(7-14)9(8)6-12(11)16-2;3-1(4)2(5)6/h5-6,10,13-14H,3-4,7H2,1-2H3;(H,3,4)(H,5,6). The lowest BCUT2D eigenvalue weighted by molar-refractivity contribution is -0.159. The summed E-state index contributed by atoms with van der Waals surface area (Å²) in [5.41, 5.74) is 2.32. The van der Waals surface area contributed by atoms with E-state index < -0.39 is 11.9 Å². The van der Waals surface area contributed by atoms with Crippen LogP contribution in [0.2, 0.25) is 0 Å². The summed E-state index contributed by atoms with van der Waals surface area (Å²) in [6, 6.07) is 3.95. The number of benzene rings is 1. The minimum Gasteiger partial charge on any atom is -0.493 e. The van der Waals surface area contributed by atoms with Crippen molar-refractivity contribution in [1.29, 1.82) is 0 Å². The molecule has 8 heteroatoms. The van der Waals surface area contributed by atoms with E-state index in [2.05, 4.69) is 5.32 Å². The lowest BCUT2D eigenvalue weighted by atomic mass is 9.94. The molecule has 0 bridgehead atoms.